The summed E-state index contributed by atoms with van der Waals surface area (Å²) in [5.41, 5.74) is 7.44. The zero-order chi connectivity index (χ0) is 19.1. The summed E-state index contributed by atoms with van der Waals surface area (Å²) in [7, 11) is 0. The van der Waals surface area contributed by atoms with E-state index >= 15 is 0 Å². The molecule has 2 rings (SSSR count). The molecule has 0 spiro atoms. The van der Waals surface area contributed by atoms with Crippen LogP contribution in [0.25, 0.3) is 0 Å². The molecule has 0 bridgehead atoms. The van der Waals surface area contributed by atoms with Gasteiger partial charge in [-0.25, -0.2) is 0 Å². The van der Waals surface area contributed by atoms with Crippen molar-refractivity contribution in [1.29, 1.82) is 0 Å². The molecule has 3 N–H and O–H groups in total. The second-order valence-corrected chi connectivity index (χ2v) is 7.76. The van der Waals surface area contributed by atoms with Crippen molar-refractivity contribution in [3.8, 4) is 0 Å². The molecule has 144 valence electrons. The van der Waals surface area contributed by atoms with E-state index in [0.29, 0.717) is 31.6 Å². The van der Waals surface area contributed by atoms with Crippen LogP contribution in [0.5, 0.6) is 0 Å². The fourth-order valence-electron chi connectivity index (χ4n) is 2.99. The van der Waals surface area contributed by atoms with Gasteiger partial charge >= 0.3 is 0 Å². The Morgan fingerprint density at radius 3 is 2.46 bits per heavy atom. The van der Waals surface area contributed by atoms with Crippen LogP contribution in [0.1, 0.15) is 36.2 Å². The third kappa shape index (κ3) is 6.00. The first-order valence-electron chi connectivity index (χ1n) is 8.96. The van der Waals surface area contributed by atoms with Crippen LogP contribution in [-0.4, -0.2) is 60.1 Å². The number of ether oxygens (including phenoxy) is 1. The molecule has 2 amide bonds. The molecule has 0 aromatic heterocycles. The fraction of sp³-hybridized carbons (Fsp3) is 0.579. The van der Waals surface area contributed by atoms with E-state index in [4.69, 9.17) is 10.5 Å². The number of hydrogen-bond acceptors (Lipinski definition) is 5. The Labute approximate surface area is 159 Å². The molecule has 1 heterocycles. The van der Waals surface area contributed by atoms with Gasteiger partial charge in [0.1, 0.15) is 0 Å². The first-order chi connectivity index (χ1) is 12.4. The van der Waals surface area contributed by atoms with Crippen LogP contribution in [0, 0.1) is 0 Å². The molecule has 1 fully saturated rings. The van der Waals surface area contributed by atoms with Gasteiger partial charge in [-0.1, -0.05) is 12.1 Å². The summed E-state index contributed by atoms with van der Waals surface area (Å²) in [6.45, 7) is 5.58. The molecule has 1 aromatic carbocycles. The highest BCUT2D eigenvalue weighted by atomic mass is 32.2. The molecule has 26 heavy (non-hydrogen) atoms. The summed E-state index contributed by atoms with van der Waals surface area (Å²) in [5, 5.41) is 2.85. The Kier molecular flexibility index (Phi) is 7.93. The van der Waals surface area contributed by atoms with Crippen molar-refractivity contribution in [2.75, 3.05) is 25.1 Å². The van der Waals surface area contributed by atoms with Crippen molar-refractivity contribution in [2.24, 2.45) is 5.73 Å². The van der Waals surface area contributed by atoms with Crippen molar-refractivity contribution in [1.82, 2.24) is 10.2 Å². The van der Waals surface area contributed by atoms with Crippen LogP contribution in [0.15, 0.2) is 24.3 Å². The fourth-order valence-corrected chi connectivity index (χ4v) is 3.48. The average molecular weight is 380 g/mol. The highest BCUT2D eigenvalue weighted by Gasteiger charge is 2.26. The number of hydrogen-bond donors (Lipinski definition) is 2. The zero-order valence-corrected chi connectivity index (χ0v) is 16.6. The van der Waals surface area contributed by atoms with Gasteiger partial charge in [0, 0.05) is 25.2 Å². The number of nitrogens with zero attached hydrogens (tertiary/aromatic N) is 1. The SMILES string of the molecule is CSCC[C@H](N)C(=O)NCc1ccc(C(=O)N2CC(C)OC(C)C2)cc1. The second kappa shape index (κ2) is 9.94. The number of nitrogens with two attached hydrogens (primary N) is 1. The van der Waals surface area contributed by atoms with Crippen LogP contribution < -0.4 is 11.1 Å². The maximum Gasteiger partial charge on any atom is 0.254 e. The Bertz CT molecular complexity index is 599. The smallest absolute Gasteiger partial charge is 0.254 e. The first kappa shape index (κ1) is 20.7. The highest BCUT2D eigenvalue weighted by Crippen LogP contribution is 2.15. The molecular formula is C19H29N3O3S. The molecule has 0 radical (unpaired) electrons. The van der Waals surface area contributed by atoms with E-state index in [1.165, 1.54) is 0 Å². The Balaban J connectivity index is 1.87. The first-order valence-corrected chi connectivity index (χ1v) is 10.4. The van der Waals surface area contributed by atoms with Crippen molar-refractivity contribution in [3.63, 3.8) is 0 Å². The second-order valence-electron chi connectivity index (χ2n) is 6.77. The van der Waals surface area contributed by atoms with E-state index in [1.807, 2.05) is 49.3 Å². The minimum atomic E-state index is -0.478. The largest absolute Gasteiger partial charge is 0.372 e. The molecule has 7 heteroatoms. The Morgan fingerprint density at radius 2 is 1.88 bits per heavy atom. The van der Waals surface area contributed by atoms with E-state index in [1.54, 1.807) is 11.8 Å². The standard InChI is InChI=1S/C19H29N3O3S/c1-13-11-22(12-14(2)25-13)19(24)16-6-4-15(5-7-16)10-21-18(23)17(20)8-9-26-3/h4-7,13-14,17H,8-12,20H2,1-3H3,(H,21,23)/t13?,14?,17-/m0/s1. The summed E-state index contributed by atoms with van der Waals surface area (Å²) in [6.07, 6.45) is 2.75. The molecular weight excluding hydrogens is 350 g/mol. The summed E-state index contributed by atoms with van der Waals surface area (Å²) in [5.74, 6) is 0.738. The summed E-state index contributed by atoms with van der Waals surface area (Å²) < 4.78 is 5.67. The number of amides is 2. The van der Waals surface area contributed by atoms with Gasteiger partial charge in [-0.05, 0) is 50.0 Å². The van der Waals surface area contributed by atoms with Crippen molar-refractivity contribution in [2.45, 2.75) is 45.1 Å². The van der Waals surface area contributed by atoms with Gasteiger partial charge in [0.15, 0.2) is 0 Å². The normalized spacial score (nSPS) is 21.3. The maximum atomic E-state index is 12.6. The quantitative estimate of drug-likeness (QED) is 0.752. The number of carbonyl (C=O) groups is 2. The van der Waals surface area contributed by atoms with Crippen LogP contribution >= 0.6 is 11.8 Å². The maximum absolute atomic E-state index is 12.6. The van der Waals surface area contributed by atoms with Crippen molar-refractivity contribution < 1.29 is 14.3 Å². The van der Waals surface area contributed by atoms with E-state index in [0.717, 1.165) is 11.3 Å². The lowest BCUT2D eigenvalue weighted by Crippen LogP contribution is -2.48. The topological polar surface area (TPSA) is 84.7 Å². The molecule has 1 saturated heterocycles. The zero-order valence-electron chi connectivity index (χ0n) is 15.7. The van der Waals surface area contributed by atoms with Crippen LogP contribution in [-0.2, 0) is 16.1 Å². The molecule has 1 aromatic rings. The van der Waals surface area contributed by atoms with E-state index in [9.17, 15) is 9.59 Å². The van der Waals surface area contributed by atoms with Crippen molar-refractivity contribution in [3.05, 3.63) is 35.4 Å². The van der Waals surface area contributed by atoms with E-state index < -0.39 is 6.04 Å². The number of benzene rings is 1. The Hall–Kier alpha value is -1.57. The number of rotatable bonds is 7. The van der Waals surface area contributed by atoms with Gasteiger partial charge in [0.05, 0.1) is 18.2 Å². The molecule has 2 unspecified atom stereocenters. The third-order valence-corrected chi connectivity index (χ3v) is 4.99. The van der Waals surface area contributed by atoms with Crippen LogP contribution in [0.4, 0.5) is 0 Å². The van der Waals surface area contributed by atoms with Gasteiger partial charge in [0.2, 0.25) is 5.91 Å². The van der Waals surface area contributed by atoms with Crippen molar-refractivity contribution >= 4 is 23.6 Å². The monoisotopic (exact) mass is 379 g/mol. The number of carbonyl (C=O) groups excluding carboxylic acids is 2. The predicted molar refractivity (Wildman–Crippen MR) is 105 cm³/mol. The van der Waals surface area contributed by atoms with E-state index in [-0.39, 0.29) is 24.0 Å². The van der Waals surface area contributed by atoms with Gasteiger partial charge in [-0.2, -0.15) is 11.8 Å². The van der Waals surface area contributed by atoms with Crippen LogP contribution in [0.3, 0.4) is 0 Å². The van der Waals surface area contributed by atoms with Gasteiger partial charge in [0.25, 0.3) is 5.91 Å². The molecule has 1 aliphatic rings. The lowest BCUT2D eigenvalue weighted by Gasteiger charge is -2.35. The minimum absolute atomic E-state index is 0.0154. The lowest BCUT2D eigenvalue weighted by molar-refractivity contribution is -0.122. The van der Waals surface area contributed by atoms with E-state index in [2.05, 4.69) is 5.32 Å². The summed E-state index contributed by atoms with van der Waals surface area (Å²) in [6, 6.07) is 6.88. The van der Waals surface area contributed by atoms with Gasteiger partial charge < -0.3 is 20.7 Å². The number of morpholine rings is 1. The Morgan fingerprint density at radius 1 is 1.27 bits per heavy atom. The average Bonchev–Trinajstić information content (AvgIpc) is 2.63. The lowest BCUT2D eigenvalue weighted by atomic mass is 10.1. The molecule has 0 saturated carbocycles. The summed E-state index contributed by atoms with van der Waals surface area (Å²) >= 11 is 1.67. The number of thioether (sulfide) groups is 1. The molecule has 1 aliphatic heterocycles. The third-order valence-electron chi connectivity index (χ3n) is 4.34. The molecule has 0 aliphatic carbocycles. The van der Waals surface area contributed by atoms with Gasteiger partial charge in [-0.15, -0.1) is 0 Å². The predicted octanol–water partition coefficient (Wildman–Crippen LogP) is 1.63. The number of nitrogens with one attached hydrogen (secondary N) is 1. The highest BCUT2D eigenvalue weighted by molar-refractivity contribution is 7.98. The van der Waals surface area contributed by atoms with Crippen LogP contribution in [0.2, 0.25) is 0 Å². The minimum Gasteiger partial charge on any atom is -0.372 e. The van der Waals surface area contributed by atoms with Gasteiger partial charge in [-0.3, -0.25) is 9.59 Å². The summed E-state index contributed by atoms with van der Waals surface area (Å²) in [4.78, 5) is 26.4. The molecule has 3 atom stereocenters. The molecule has 6 nitrogen and oxygen atoms in total.